The minimum Gasteiger partial charge on any atom is -0.493 e. The lowest BCUT2D eigenvalue weighted by Crippen LogP contribution is -2.11. The van der Waals surface area contributed by atoms with Gasteiger partial charge >= 0.3 is 5.97 Å². The second-order valence-corrected chi connectivity index (χ2v) is 4.17. The first-order chi connectivity index (χ1) is 9.71. The molecule has 0 aliphatic carbocycles. The molecule has 0 atom stereocenters. The number of para-hydroxylation sites is 1. The molecule has 1 aromatic heterocycles. The van der Waals surface area contributed by atoms with Gasteiger partial charge in [-0.3, -0.25) is 0 Å². The summed E-state index contributed by atoms with van der Waals surface area (Å²) >= 11 is 0. The van der Waals surface area contributed by atoms with Crippen LogP contribution in [0.3, 0.4) is 0 Å². The maximum absolute atomic E-state index is 11.7. The Labute approximate surface area is 117 Å². The molecule has 2 aromatic rings. The Bertz CT molecular complexity index is 604. The average Bonchev–Trinajstić information content (AvgIpc) is 2.94. The molecule has 0 spiro atoms. The standard InChI is InChI=1S/C15H17NO4/c1-18-13-8-4-6-11(14(13)19-2)10-16-9-5-7-12(16)15(17)20-3/h4-9H,10H2,1-3H3. The number of methoxy groups -OCH3 is 3. The normalized spacial score (nSPS) is 10.2. The first-order valence-corrected chi connectivity index (χ1v) is 6.14. The van der Waals surface area contributed by atoms with Crippen LogP contribution in [-0.2, 0) is 11.3 Å². The van der Waals surface area contributed by atoms with Crippen molar-refractivity contribution in [2.24, 2.45) is 0 Å². The van der Waals surface area contributed by atoms with Crippen molar-refractivity contribution in [2.45, 2.75) is 6.54 Å². The maximum Gasteiger partial charge on any atom is 0.354 e. The molecule has 0 N–H and O–H groups in total. The van der Waals surface area contributed by atoms with Gasteiger partial charge in [-0.25, -0.2) is 4.79 Å². The molecule has 0 radical (unpaired) electrons. The summed E-state index contributed by atoms with van der Waals surface area (Å²) in [4.78, 5) is 11.7. The monoisotopic (exact) mass is 275 g/mol. The van der Waals surface area contributed by atoms with Crippen LogP contribution in [0.15, 0.2) is 36.5 Å². The minimum absolute atomic E-state index is 0.364. The van der Waals surface area contributed by atoms with E-state index in [0.29, 0.717) is 23.7 Å². The molecule has 0 aliphatic rings. The van der Waals surface area contributed by atoms with E-state index in [1.54, 1.807) is 26.4 Å². The molecule has 5 heteroatoms. The molecule has 1 heterocycles. The van der Waals surface area contributed by atoms with Crippen molar-refractivity contribution in [1.29, 1.82) is 0 Å². The van der Waals surface area contributed by atoms with Gasteiger partial charge in [-0.2, -0.15) is 0 Å². The second kappa shape index (κ2) is 6.14. The van der Waals surface area contributed by atoms with Crippen LogP contribution in [0.5, 0.6) is 11.5 Å². The van der Waals surface area contributed by atoms with Crippen molar-refractivity contribution in [2.75, 3.05) is 21.3 Å². The molecule has 0 unspecified atom stereocenters. The van der Waals surface area contributed by atoms with E-state index in [9.17, 15) is 4.79 Å². The fourth-order valence-electron chi connectivity index (χ4n) is 2.10. The molecule has 0 fully saturated rings. The maximum atomic E-state index is 11.7. The lowest BCUT2D eigenvalue weighted by molar-refractivity contribution is 0.0589. The van der Waals surface area contributed by atoms with Gasteiger partial charge in [-0.05, 0) is 18.2 Å². The van der Waals surface area contributed by atoms with Crippen molar-refractivity contribution in [3.8, 4) is 11.5 Å². The number of hydrogen-bond acceptors (Lipinski definition) is 4. The minimum atomic E-state index is -0.364. The number of ether oxygens (including phenoxy) is 3. The highest BCUT2D eigenvalue weighted by atomic mass is 16.5. The number of benzene rings is 1. The van der Waals surface area contributed by atoms with E-state index in [1.165, 1.54) is 7.11 Å². The van der Waals surface area contributed by atoms with Gasteiger partial charge in [0.05, 0.1) is 27.9 Å². The van der Waals surface area contributed by atoms with Crippen molar-refractivity contribution in [3.05, 3.63) is 47.8 Å². The molecular formula is C15H17NO4. The summed E-state index contributed by atoms with van der Waals surface area (Å²) in [5.74, 6) is 0.966. The van der Waals surface area contributed by atoms with E-state index in [0.717, 1.165) is 5.56 Å². The zero-order chi connectivity index (χ0) is 14.5. The van der Waals surface area contributed by atoms with E-state index in [2.05, 4.69) is 0 Å². The van der Waals surface area contributed by atoms with E-state index < -0.39 is 0 Å². The lowest BCUT2D eigenvalue weighted by atomic mass is 10.2. The first kappa shape index (κ1) is 14.0. The number of carbonyl (C=O) groups is 1. The van der Waals surface area contributed by atoms with Gasteiger partial charge in [-0.1, -0.05) is 12.1 Å². The quantitative estimate of drug-likeness (QED) is 0.786. The number of hydrogen-bond donors (Lipinski definition) is 0. The Morgan fingerprint density at radius 1 is 1.10 bits per heavy atom. The average molecular weight is 275 g/mol. The highest BCUT2D eigenvalue weighted by molar-refractivity contribution is 5.87. The van der Waals surface area contributed by atoms with Crippen LogP contribution in [0, 0.1) is 0 Å². The predicted octanol–water partition coefficient (Wildman–Crippen LogP) is 2.34. The number of nitrogens with zero attached hydrogens (tertiary/aromatic N) is 1. The summed E-state index contributed by atoms with van der Waals surface area (Å²) < 4.78 is 17.2. The van der Waals surface area contributed by atoms with Gasteiger partial charge in [0.1, 0.15) is 5.69 Å². The second-order valence-electron chi connectivity index (χ2n) is 4.17. The number of rotatable bonds is 5. The van der Waals surface area contributed by atoms with Gasteiger partial charge in [-0.15, -0.1) is 0 Å². The number of esters is 1. The Balaban J connectivity index is 2.36. The Hall–Kier alpha value is -2.43. The van der Waals surface area contributed by atoms with E-state index in [4.69, 9.17) is 14.2 Å². The fraction of sp³-hybridized carbons (Fsp3) is 0.267. The Morgan fingerprint density at radius 2 is 1.90 bits per heavy atom. The molecule has 106 valence electrons. The van der Waals surface area contributed by atoms with E-state index in [-0.39, 0.29) is 5.97 Å². The third-order valence-corrected chi connectivity index (χ3v) is 3.05. The summed E-state index contributed by atoms with van der Waals surface area (Å²) in [6.07, 6.45) is 1.82. The number of aromatic nitrogens is 1. The van der Waals surface area contributed by atoms with Crippen molar-refractivity contribution >= 4 is 5.97 Å². The van der Waals surface area contributed by atoms with Gasteiger partial charge in [0.15, 0.2) is 11.5 Å². The van der Waals surface area contributed by atoms with Crippen LogP contribution in [0.25, 0.3) is 0 Å². The van der Waals surface area contributed by atoms with Gasteiger partial charge in [0.25, 0.3) is 0 Å². The smallest absolute Gasteiger partial charge is 0.354 e. The van der Waals surface area contributed by atoms with E-state index in [1.807, 2.05) is 29.0 Å². The largest absolute Gasteiger partial charge is 0.493 e. The van der Waals surface area contributed by atoms with Gasteiger partial charge < -0.3 is 18.8 Å². The molecule has 5 nitrogen and oxygen atoms in total. The summed E-state index contributed by atoms with van der Waals surface area (Å²) in [6, 6.07) is 9.18. The van der Waals surface area contributed by atoms with Crippen LogP contribution in [-0.4, -0.2) is 31.9 Å². The zero-order valence-electron chi connectivity index (χ0n) is 11.8. The van der Waals surface area contributed by atoms with Crippen LogP contribution < -0.4 is 9.47 Å². The summed E-state index contributed by atoms with van der Waals surface area (Å²) in [5.41, 5.74) is 1.42. The fourth-order valence-corrected chi connectivity index (χ4v) is 2.10. The molecule has 1 aromatic carbocycles. The van der Waals surface area contributed by atoms with Gasteiger partial charge in [0, 0.05) is 11.8 Å². The molecule has 0 saturated carbocycles. The third kappa shape index (κ3) is 2.61. The van der Waals surface area contributed by atoms with Crippen molar-refractivity contribution in [1.82, 2.24) is 4.57 Å². The zero-order valence-corrected chi connectivity index (χ0v) is 11.8. The van der Waals surface area contributed by atoms with E-state index >= 15 is 0 Å². The highest BCUT2D eigenvalue weighted by Crippen LogP contribution is 2.31. The molecule has 0 bridgehead atoms. The lowest BCUT2D eigenvalue weighted by Gasteiger charge is -2.14. The van der Waals surface area contributed by atoms with Crippen LogP contribution in [0.2, 0.25) is 0 Å². The Morgan fingerprint density at radius 3 is 2.55 bits per heavy atom. The summed E-state index contributed by atoms with van der Waals surface area (Å²) in [7, 11) is 4.56. The van der Waals surface area contributed by atoms with Crippen molar-refractivity contribution < 1.29 is 19.0 Å². The molecule has 20 heavy (non-hydrogen) atoms. The first-order valence-electron chi connectivity index (χ1n) is 6.14. The number of carbonyl (C=O) groups excluding carboxylic acids is 1. The molecule has 0 amide bonds. The predicted molar refractivity (Wildman–Crippen MR) is 74.4 cm³/mol. The topological polar surface area (TPSA) is 49.7 Å². The summed E-state index contributed by atoms with van der Waals surface area (Å²) in [6.45, 7) is 0.498. The molecular weight excluding hydrogens is 258 g/mol. The van der Waals surface area contributed by atoms with Crippen molar-refractivity contribution in [3.63, 3.8) is 0 Å². The Kier molecular flexibility index (Phi) is 4.30. The molecule has 0 saturated heterocycles. The van der Waals surface area contributed by atoms with Crippen LogP contribution in [0.4, 0.5) is 0 Å². The third-order valence-electron chi connectivity index (χ3n) is 3.05. The molecule has 2 rings (SSSR count). The van der Waals surface area contributed by atoms with Gasteiger partial charge in [0.2, 0.25) is 0 Å². The van der Waals surface area contributed by atoms with Crippen LogP contribution >= 0.6 is 0 Å². The molecule has 0 aliphatic heterocycles. The SMILES string of the molecule is COC(=O)c1cccn1Cc1cccc(OC)c1OC. The highest BCUT2D eigenvalue weighted by Gasteiger charge is 2.14. The summed E-state index contributed by atoms with van der Waals surface area (Å²) in [5, 5.41) is 0. The van der Waals surface area contributed by atoms with Crippen LogP contribution in [0.1, 0.15) is 16.1 Å².